The monoisotopic (exact) mass is 371 g/mol. The number of carbonyl (C=O) groups is 1. The SMILES string of the molecule is Cc1cc(C)c(NC(=O)CN(C)S(=O)(=O)c2ccccc2C#N)c(C)c1. The molecular weight excluding hydrogens is 350 g/mol. The molecule has 6 nitrogen and oxygen atoms in total. The first kappa shape index (κ1) is 19.6. The van der Waals surface area contributed by atoms with E-state index >= 15 is 0 Å². The average molecular weight is 371 g/mol. The van der Waals surface area contributed by atoms with Crippen molar-refractivity contribution in [1.29, 1.82) is 5.26 Å². The summed E-state index contributed by atoms with van der Waals surface area (Å²) in [6.07, 6.45) is 0. The van der Waals surface area contributed by atoms with Gasteiger partial charge in [0, 0.05) is 12.7 Å². The second-order valence-electron chi connectivity index (χ2n) is 6.19. The van der Waals surface area contributed by atoms with Crippen LogP contribution in [0.25, 0.3) is 0 Å². The zero-order chi connectivity index (χ0) is 19.5. The Labute approximate surface area is 154 Å². The molecule has 0 fully saturated rings. The van der Waals surface area contributed by atoms with Crippen molar-refractivity contribution in [1.82, 2.24) is 4.31 Å². The number of nitrogens with zero attached hydrogens (tertiary/aromatic N) is 2. The van der Waals surface area contributed by atoms with Crippen molar-refractivity contribution in [3.05, 3.63) is 58.7 Å². The number of anilines is 1. The van der Waals surface area contributed by atoms with E-state index in [0.29, 0.717) is 5.69 Å². The Balaban J connectivity index is 2.21. The number of benzene rings is 2. The maximum Gasteiger partial charge on any atom is 0.244 e. The molecule has 136 valence electrons. The van der Waals surface area contributed by atoms with E-state index in [1.54, 1.807) is 12.1 Å². The Morgan fingerprint density at radius 1 is 1.15 bits per heavy atom. The van der Waals surface area contributed by atoms with Crippen molar-refractivity contribution in [2.45, 2.75) is 25.7 Å². The third-order valence-corrected chi connectivity index (χ3v) is 5.86. The van der Waals surface area contributed by atoms with Gasteiger partial charge in [0.2, 0.25) is 15.9 Å². The summed E-state index contributed by atoms with van der Waals surface area (Å²) in [7, 11) is -2.63. The molecule has 0 saturated carbocycles. The van der Waals surface area contributed by atoms with Gasteiger partial charge in [-0.15, -0.1) is 0 Å². The molecule has 2 aromatic rings. The summed E-state index contributed by atoms with van der Waals surface area (Å²) in [6.45, 7) is 5.39. The summed E-state index contributed by atoms with van der Waals surface area (Å²) in [6, 6.07) is 11.7. The standard InChI is InChI=1S/C19H21N3O3S/c1-13-9-14(2)19(15(3)10-13)21-18(23)12-22(4)26(24,25)17-8-6-5-7-16(17)11-20/h5-10H,12H2,1-4H3,(H,21,23). The van der Waals surface area contributed by atoms with Crippen molar-refractivity contribution in [3.8, 4) is 6.07 Å². The van der Waals surface area contributed by atoms with E-state index < -0.39 is 15.9 Å². The van der Waals surface area contributed by atoms with Crippen LogP contribution in [0, 0.1) is 32.1 Å². The Kier molecular flexibility index (Phi) is 5.80. The number of rotatable bonds is 5. The Hall–Kier alpha value is -2.69. The number of carbonyl (C=O) groups excluding carboxylic acids is 1. The van der Waals surface area contributed by atoms with Gasteiger partial charge in [0.15, 0.2) is 0 Å². The molecule has 26 heavy (non-hydrogen) atoms. The lowest BCUT2D eigenvalue weighted by atomic mass is 10.1. The zero-order valence-electron chi connectivity index (χ0n) is 15.2. The van der Waals surface area contributed by atoms with Crippen molar-refractivity contribution in [2.24, 2.45) is 0 Å². The first-order chi connectivity index (χ1) is 12.2. The summed E-state index contributed by atoms with van der Waals surface area (Å²) in [5, 5.41) is 11.9. The summed E-state index contributed by atoms with van der Waals surface area (Å²) in [4.78, 5) is 12.3. The summed E-state index contributed by atoms with van der Waals surface area (Å²) in [5.41, 5.74) is 3.65. The van der Waals surface area contributed by atoms with Gasteiger partial charge in [-0.25, -0.2) is 8.42 Å². The molecule has 0 saturated heterocycles. The number of nitriles is 1. The van der Waals surface area contributed by atoms with E-state index in [1.807, 2.05) is 39.0 Å². The normalized spacial score (nSPS) is 11.2. The maximum absolute atomic E-state index is 12.7. The van der Waals surface area contributed by atoms with Gasteiger partial charge in [0.25, 0.3) is 0 Å². The highest BCUT2D eigenvalue weighted by atomic mass is 32.2. The van der Waals surface area contributed by atoms with Crippen LogP contribution < -0.4 is 5.32 Å². The molecule has 0 atom stereocenters. The van der Waals surface area contributed by atoms with E-state index in [-0.39, 0.29) is 17.0 Å². The minimum Gasteiger partial charge on any atom is -0.324 e. The van der Waals surface area contributed by atoms with Gasteiger partial charge in [-0.2, -0.15) is 9.57 Å². The Morgan fingerprint density at radius 3 is 2.31 bits per heavy atom. The van der Waals surface area contributed by atoms with Crippen molar-refractivity contribution < 1.29 is 13.2 Å². The predicted octanol–water partition coefficient (Wildman–Crippen LogP) is 2.74. The largest absolute Gasteiger partial charge is 0.324 e. The quantitative estimate of drug-likeness (QED) is 0.875. The highest BCUT2D eigenvalue weighted by Crippen LogP contribution is 2.22. The van der Waals surface area contributed by atoms with Crippen LogP contribution in [0.5, 0.6) is 0 Å². The second-order valence-corrected chi connectivity index (χ2v) is 8.20. The van der Waals surface area contributed by atoms with E-state index in [4.69, 9.17) is 5.26 Å². The first-order valence-electron chi connectivity index (χ1n) is 8.00. The van der Waals surface area contributed by atoms with Crippen LogP contribution >= 0.6 is 0 Å². The summed E-state index contributed by atoms with van der Waals surface area (Å²) >= 11 is 0. The molecule has 0 radical (unpaired) electrons. The molecule has 0 unspecified atom stereocenters. The van der Waals surface area contributed by atoms with E-state index in [1.165, 1.54) is 19.2 Å². The van der Waals surface area contributed by atoms with Crippen LogP contribution in [0.3, 0.4) is 0 Å². The minimum atomic E-state index is -3.95. The Morgan fingerprint density at radius 2 is 1.73 bits per heavy atom. The molecule has 0 aromatic heterocycles. The Bertz CT molecular complexity index is 968. The molecule has 0 aliphatic heterocycles. The first-order valence-corrected chi connectivity index (χ1v) is 9.44. The maximum atomic E-state index is 12.7. The van der Waals surface area contributed by atoms with Crippen LogP contribution in [0.15, 0.2) is 41.3 Å². The number of aryl methyl sites for hydroxylation is 3. The third kappa shape index (κ3) is 4.10. The summed E-state index contributed by atoms with van der Waals surface area (Å²) in [5.74, 6) is -0.444. The van der Waals surface area contributed by atoms with Crippen LogP contribution in [0.2, 0.25) is 0 Å². The minimum absolute atomic E-state index is 0.0463. The van der Waals surface area contributed by atoms with Crippen molar-refractivity contribution in [3.63, 3.8) is 0 Å². The molecule has 0 bridgehead atoms. The lowest BCUT2D eigenvalue weighted by Gasteiger charge is -2.19. The van der Waals surface area contributed by atoms with E-state index in [9.17, 15) is 13.2 Å². The lowest BCUT2D eigenvalue weighted by Crippen LogP contribution is -2.35. The van der Waals surface area contributed by atoms with E-state index in [0.717, 1.165) is 21.0 Å². The van der Waals surface area contributed by atoms with Crippen molar-refractivity contribution in [2.75, 3.05) is 18.9 Å². The number of hydrogen-bond donors (Lipinski definition) is 1. The van der Waals surface area contributed by atoms with Gasteiger partial charge < -0.3 is 5.32 Å². The third-order valence-electron chi connectivity index (χ3n) is 4.00. The van der Waals surface area contributed by atoms with Crippen molar-refractivity contribution >= 4 is 21.6 Å². The summed E-state index contributed by atoms with van der Waals surface area (Å²) < 4.78 is 26.3. The zero-order valence-corrected chi connectivity index (χ0v) is 16.0. The van der Waals surface area contributed by atoms with Gasteiger partial charge in [-0.05, 0) is 44.0 Å². The van der Waals surface area contributed by atoms with Crippen LogP contribution in [-0.4, -0.2) is 32.2 Å². The fourth-order valence-electron chi connectivity index (χ4n) is 2.80. The van der Waals surface area contributed by atoms with Crippen LogP contribution in [-0.2, 0) is 14.8 Å². The van der Waals surface area contributed by atoms with Crippen LogP contribution in [0.1, 0.15) is 22.3 Å². The topological polar surface area (TPSA) is 90.3 Å². The molecule has 2 aromatic carbocycles. The molecule has 0 aliphatic rings. The molecule has 7 heteroatoms. The highest BCUT2D eigenvalue weighted by Gasteiger charge is 2.25. The molecule has 0 spiro atoms. The second kappa shape index (κ2) is 7.68. The average Bonchev–Trinajstić information content (AvgIpc) is 2.57. The number of sulfonamides is 1. The molecule has 2 rings (SSSR count). The fraction of sp³-hybridized carbons (Fsp3) is 0.263. The molecule has 0 heterocycles. The highest BCUT2D eigenvalue weighted by molar-refractivity contribution is 7.89. The number of likely N-dealkylation sites (N-methyl/N-ethyl adjacent to an activating group) is 1. The van der Waals surface area contributed by atoms with Gasteiger partial charge in [-0.1, -0.05) is 29.8 Å². The number of nitrogens with one attached hydrogen (secondary N) is 1. The predicted molar refractivity (Wildman–Crippen MR) is 100 cm³/mol. The van der Waals surface area contributed by atoms with E-state index in [2.05, 4.69) is 5.32 Å². The smallest absolute Gasteiger partial charge is 0.244 e. The van der Waals surface area contributed by atoms with Gasteiger partial charge in [0.05, 0.1) is 17.0 Å². The molecule has 1 N–H and O–H groups in total. The van der Waals surface area contributed by atoms with Gasteiger partial charge >= 0.3 is 0 Å². The lowest BCUT2D eigenvalue weighted by molar-refractivity contribution is -0.116. The van der Waals surface area contributed by atoms with Crippen LogP contribution in [0.4, 0.5) is 5.69 Å². The molecule has 0 aliphatic carbocycles. The number of hydrogen-bond acceptors (Lipinski definition) is 4. The number of amides is 1. The van der Waals surface area contributed by atoms with Gasteiger partial charge in [-0.3, -0.25) is 4.79 Å². The van der Waals surface area contributed by atoms with Gasteiger partial charge in [0.1, 0.15) is 6.07 Å². The fourth-order valence-corrected chi connectivity index (χ4v) is 4.06. The molecular formula is C19H21N3O3S. The molecule has 1 amide bonds.